The average Bonchev–Trinajstić information content (AvgIpc) is 2.68. The lowest BCUT2D eigenvalue weighted by Crippen LogP contribution is -2.24. The number of halogens is 1. The predicted octanol–water partition coefficient (Wildman–Crippen LogP) is 4.63. The van der Waals surface area contributed by atoms with Gasteiger partial charge >= 0.3 is 0 Å². The maximum Gasteiger partial charge on any atom is 0.208 e. The summed E-state index contributed by atoms with van der Waals surface area (Å²) >= 11 is 6.19. The Labute approximate surface area is 171 Å². The number of hydrogen-bond donors (Lipinski definition) is 2. The van der Waals surface area contributed by atoms with Crippen LogP contribution in [0.15, 0.2) is 78.9 Å². The molecular weight excluding hydrogens is 392 g/mol. The highest BCUT2D eigenvalue weighted by molar-refractivity contribution is 7.88. The van der Waals surface area contributed by atoms with Crippen molar-refractivity contribution in [2.45, 2.75) is 12.5 Å². The van der Waals surface area contributed by atoms with Gasteiger partial charge in [-0.15, -0.1) is 0 Å². The van der Waals surface area contributed by atoms with E-state index in [1.165, 1.54) is 0 Å². The van der Waals surface area contributed by atoms with Crippen LogP contribution in [0.4, 0.5) is 5.69 Å². The minimum absolute atomic E-state index is 0.0369. The van der Waals surface area contributed by atoms with Crippen LogP contribution in [0.2, 0.25) is 5.02 Å². The second kappa shape index (κ2) is 9.24. The molecular formula is C22H23ClN2O2S. The van der Waals surface area contributed by atoms with E-state index in [9.17, 15) is 8.42 Å². The molecule has 0 saturated heterocycles. The van der Waals surface area contributed by atoms with E-state index >= 15 is 0 Å². The summed E-state index contributed by atoms with van der Waals surface area (Å²) in [5.74, 6) is 0. The molecule has 0 saturated carbocycles. The number of anilines is 1. The average molecular weight is 415 g/mol. The monoisotopic (exact) mass is 414 g/mol. The van der Waals surface area contributed by atoms with Crippen LogP contribution in [0, 0.1) is 0 Å². The Hall–Kier alpha value is -2.34. The van der Waals surface area contributed by atoms with E-state index in [1.54, 1.807) is 0 Å². The summed E-state index contributed by atoms with van der Waals surface area (Å²) in [6, 6.07) is 26.0. The highest BCUT2D eigenvalue weighted by Gasteiger charge is 2.15. The number of benzene rings is 3. The predicted molar refractivity (Wildman–Crippen MR) is 116 cm³/mol. The zero-order chi connectivity index (χ0) is 20.0. The second-order valence-corrected chi connectivity index (χ2v) is 8.89. The van der Waals surface area contributed by atoms with Gasteiger partial charge in [-0.05, 0) is 41.3 Å². The maximum absolute atomic E-state index is 11.4. The van der Waals surface area contributed by atoms with Gasteiger partial charge in [0.15, 0.2) is 0 Å². The van der Waals surface area contributed by atoms with Gasteiger partial charge < -0.3 is 5.32 Å². The van der Waals surface area contributed by atoms with E-state index in [4.69, 9.17) is 11.6 Å². The Balaban J connectivity index is 1.90. The van der Waals surface area contributed by atoms with Crippen molar-refractivity contribution in [3.63, 3.8) is 0 Å². The molecule has 0 spiro atoms. The molecule has 0 heterocycles. The molecule has 3 aromatic carbocycles. The van der Waals surface area contributed by atoms with E-state index in [2.05, 4.69) is 34.3 Å². The SMILES string of the molecule is CS(=O)(=O)NCCc1cc(Cl)ccc1NC(c1ccccc1)c1ccccc1. The third-order valence-corrected chi connectivity index (χ3v) is 5.36. The molecule has 28 heavy (non-hydrogen) atoms. The molecule has 3 aromatic rings. The quantitative estimate of drug-likeness (QED) is 0.564. The van der Waals surface area contributed by atoms with Crippen molar-refractivity contribution in [1.82, 2.24) is 4.72 Å². The molecule has 0 amide bonds. The van der Waals surface area contributed by atoms with Crippen LogP contribution in [0.1, 0.15) is 22.7 Å². The Bertz CT molecular complexity index is 970. The van der Waals surface area contributed by atoms with Crippen LogP contribution in [-0.2, 0) is 16.4 Å². The fourth-order valence-electron chi connectivity index (χ4n) is 3.09. The molecule has 0 aromatic heterocycles. The molecule has 6 heteroatoms. The van der Waals surface area contributed by atoms with Crippen molar-refractivity contribution < 1.29 is 8.42 Å². The van der Waals surface area contributed by atoms with Gasteiger partial charge in [0.1, 0.15) is 0 Å². The molecule has 0 fully saturated rings. The van der Waals surface area contributed by atoms with Gasteiger partial charge in [0.25, 0.3) is 0 Å². The van der Waals surface area contributed by atoms with E-state index in [1.807, 2.05) is 54.6 Å². The summed E-state index contributed by atoms with van der Waals surface area (Å²) in [7, 11) is -3.23. The molecule has 0 atom stereocenters. The third-order valence-electron chi connectivity index (χ3n) is 4.39. The topological polar surface area (TPSA) is 58.2 Å². The van der Waals surface area contributed by atoms with Gasteiger partial charge in [-0.25, -0.2) is 13.1 Å². The third kappa shape index (κ3) is 5.83. The Morgan fingerprint density at radius 1 is 0.893 bits per heavy atom. The molecule has 2 N–H and O–H groups in total. The lowest BCUT2D eigenvalue weighted by molar-refractivity contribution is 0.588. The van der Waals surface area contributed by atoms with Gasteiger partial charge in [0.2, 0.25) is 10.0 Å². The molecule has 0 bridgehead atoms. The normalized spacial score (nSPS) is 11.5. The lowest BCUT2D eigenvalue weighted by Gasteiger charge is -2.23. The summed E-state index contributed by atoms with van der Waals surface area (Å²) in [6.45, 7) is 0.315. The van der Waals surface area contributed by atoms with Crippen LogP contribution in [0.3, 0.4) is 0 Å². The van der Waals surface area contributed by atoms with Gasteiger partial charge in [0, 0.05) is 17.3 Å². The Kier molecular flexibility index (Phi) is 6.73. The molecule has 3 rings (SSSR count). The Morgan fingerprint density at radius 2 is 1.46 bits per heavy atom. The highest BCUT2D eigenvalue weighted by Crippen LogP contribution is 2.30. The van der Waals surface area contributed by atoms with Crippen LogP contribution >= 0.6 is 11.6 Å². The summed E-state index contributed by atoms with van der Waals surface area (Å²) in [4.78, 5) is 0. The van der Waals surface area contributed by atoms with Crippen molar-refractivity contribution in [3.8, 4) is 0 Å². The second-order valence-electron chi connectivity index (χ2n) is 6.62. The van der Waals surface area contributed by atoms with Crippen LogP contribution in [0.5, 0.6) is 0 Å². The van der Waals surface area contributed by atoms with E-state index < -0.39 is 10.0 Å². The maximum atomic E-state index is 11.4. The number of sulfonamides is 1. The first kappa shape index (κ1) is 20.4. The zero-order valence-electron chi connectivity index (χ0n) is 15.6. The summed E-state index contributed by atoms with van der Waals surface area (Å²) < 4.78 is 25.3. The van der Waals surface area contributed by atoms with Crippen LogP contribution in [0.25, 0.3) is 0 Å². The molecule has 0 aliphatic heterocycles. The fourth-order valence-corrected chi connectivity index (χ4v) is 3.75. The standard InChI is InChI=1S/C22H23ClN2O2S/c1-28(26,27)24-15-14-19-16-20(23)12-13-21(19)25-22(17-8-4-2-5-9-17)18-10-6-3-7-11-18/h2-13,16,22,24-25H,14-15H2,1H3. The van der Waals surface area contributed by atoms with Gasteiger partial charge in [-0.3, -0.25) is 0 Å². The molecule has 0 radical (unpaired) electrons. The number of hydrogen-bond acceptors (Lipinski definition) is 3. The van der Waals surface area contributed by atoms with Crippen molar-refractivity contribution in [1.29, 1.82) is 0 Å². The minimum Gasteiger partial charge on any atom is -0.374 e. The minimum atomic E-state index is -3.23. The lowest BCUT2D eigenvalue weighted by atomic mass is 9.97. The van der Waals surface area contributed by atoms with Crippen molar-refractivity contribution in [2.24, 2.45) is 0 Å². The first-order chi connectivity index (χ1) is 13.4. The number of rotatable bonds is 8. The largest absolute Gasteiger partial charge is 0.374 e. The Morgan fingerprint density at radius 3 is 2.00 bits per heavy atom. The summed E-state index contributed by atoms with van der Waals surface area (Å²) in [5.41, 5.74) is 4.17. The van der Waals surface area contributed by atoms with Crippen molar-refractivity contribution in [3.05, 3.63) is 101 Å². The summed E-state index contributed by atoms with van der Waals surface area (Å²) in [6.07, 6.45) is 1.69. The number of nitrogens with one attached hydrogen (secondary N) is 2. The smallest absolute Gasteiger partial charge is 0.208 e. The first-order valence-electron chi connectivity index (χ1n) is 9.02. The first-order valence-corrected chi connectivity index (χ1v) is 11.3. The van der Waals surface area contributed by atoms with Crippen LogP contribution < -0.4 is 10.0 Å². The zero-order valence-corrected chi connectivity index (χ0v) is 17.2. The van der Waals surface area contributed by atoms with Gasteiger partial charge in [-0.1, -0.05) is 72.3 Å². The highest BCUT2D eigenvalue weighted by atomic mass is 35.5. The fraction of sp³-hybridized carbons (Fsp3) is 0.182. The molecule has 0 unspecified atom stereocenters. The molecule has 4 nitrogen and oxygen atoms in total. The van der Waals surface area contributed by atoms with Gasteiger partial charge in [-0.2, -0.15) is 0 Å². The van der Waals surface area contributed by atoms with Gasteiger partial charge in [0.05, 0.1) is 12.3 Å². The summed E-state index contributed by atoms with van der Waals surface area (Å²) in [5, 5.41) is 4.24. The van der Waals surface area contributed by atoms with Crippen molar-refractivity contribution >= 4 is 27.3 Å². The van der Waals surface area contributed by atoms with E-state index in [-0.39, 0.29) is 6.04 Å². The van der Waals surface area contributed by atoms with E-state index in [0.29, 0.717) is 18.0 Å². The van der Waals surface area contributed by atoms with Crippen LogP contribution in [-0.4, -0.2) is 21.2 Å². The van der Waals surface area contributed by atoms with Crippen molar-refractivity contribution in [2.75, 3.05) is 18.1 Å². The molecule has 146 valence electrons. The molecule has 0 aliphatic rings. The van der Waals surface area contributed by atoms with E-state index in [0.717, 1.165) is 28.6 Å². The molecule has 0 aliphatic carbocycles.